The van der Waals surface area contributed by atoms with E-state index in [9.17, 15) is 5.11 Å². The third-order valence-corrected chi connectivity index (χ3v) is 4.01. The third kappa shape index (κ3) is 4.98. The van der Waals surface area contributed by atoms with Crippen molar-refractivity contribution >= 4 is 0 Å². The second kappa shape index (κ2) is 8.56. The standard InChI is InChI=1S/C19H25NO3/c1-20(14-17(21)16-7-5-4-6-8-16)12-11-15-9-10-18(22-2)19(13-15)23-3/h4-10,13,17,21H,11-12,14H2,1-3H3/p+1/t17-/m1/s1. The minimum Gasteiger partial charge on any atom is -0.493 e. The van der Waals surface area contributed by atoms with E-state index < -0.39 is 6.10 Å². The molecule has 0 bridgehead atoms. The van der Waals surface area contributed by atoms with Gasteiger partial charge in [0.25, 0.3) is 0 Å². The maximum atomic E-state index is 10.3. The lowest BCUT2D eigenvalue weighted by Gasteiger charge is -2.18. The van der Waals surface area contributed by atoms with Gasteiger partial charge in [0.1, 0.15) is 12.6 Å². The smallest absolute Gasteiger partial charge is 0.160 e. The van der Waals surface area contributed by atoms with Crippen LogP contribution in [-0.4, -0.2) is 39.5 Å². The van der Waals surface area contributed by atoms with Crippen molar-refractivity contribution in [2.75, 3.05) is 34.4 Å². The summed E-state index contributed by atoms with van der Waals surface area (Å²) in [4.78, 5) is 1.29. The summed E-state index contributed by atoms with van der Waals surface area (Å²) in [6.45, 7) is 1.64. The number of hydrogen-bond acceptors (Lipinski definition) is 3. The predicted molar refractivity (Wildman–Crippen MR) is 91.3 cm³/mol. The van der Waals surface area contributed by atoms with Gasteiger partial charge in [-0.15, -0.1) is 0 Å². The monoisotopic (exact) mass is 316 g/mol. The van der Waals surface area contributed by atoms with Crippen LogP contribution < -0.4 is 14.4 Å². The Morgan fingerprint density at radius 3 is 2.35 bits per heavy atom. The molecule has 0 aliphatic rings. The lowest BCUT2D eigenvalue weighted by molar-refractivity contribution is -0.883. The van der Waals surface area contributed by atoms with Gasteiger partial charge >= 0.3 is 0 Å². The first kappa shape index (κ1) is 17.3. The molecule has 0 fully saturated rings. The highest BCUT2D eigenvalue weighted by molar-refractivity contribution is 5.42. The van der Waals surface area contributed by atoms with E-state index in [-0.39, 0.29) is 0 Å². The highest BCUT2D eigenvalue weighted by atomic mass is 16.5. The third-order valence-electron chi connectivity index (χ3n) is 4.01. The van der Waals surface area contributed by atoms with Gasteiger partial charge in [0, 0.05) is 6.42 Å². The predicted octanol–water partition coefficient (Wildman–Crippen LogP) is 1.49. The highest BCUT2D eigenvalue weighted by Gasteiger charge is 2.13. The molecule has 0 radical (unpaired) electrons. The first-order chi connectivity index (χ1) is 11.1. The SMILES string of the molecule is COc1ccc(CC[NH+](C)C[C@@H](O)c2ccccc2)cc1OC. The minimum atomic E-state index is -0.429. The fraction of sp³-hybridized carbons (Fsp3) is 0.368. The van der Waals surface area contributed by atoms with Gasteiger partial charge in [0.15, 0.2) is 11.5 Å². The number of rotatable bonds is 8. The van der Waals surface area contributed by atoms with E-state index in [0.717, 1.165) is 30.0 Å². The Balaban J connectivity index is 1.88. The van der Waals surface area contributed by atoms with Gasteiger partial charge in [-0.3, -0.25) is 0 Å². The molecular formula is C19H26NO3+. The van der Waals surface area contributed by atoms with Crippen LogP contribution in [0.2, 0.25) is 0 Å². The summed E-state index contributed by atoms with van der Waals surface area (Å²) < 4.78 is 10.6. The van der Waals surface area contributed by atoms with Crippen molar-refractivity contribution in [3.05, 3.63) is 59.7 Å². The number of likely N-dealkylation sites (N-methyl/N-ethyl adjacent to an activating group) is 1. The van der Waals surface area contributed by atoms with Crippen molar-refractivity contribution in [3.63, 3.8) is 0 Å². The number of methoxy groups -OCH3 is 2. The van der Waals surface area contributed by atoms with Crippen LogP contribution >= 0.6 is 0 Å². The number of quaternary nitrogens is 1. The zero-order valence-corrected chi connectivity index (χ0v) is 14.1. The van der Waals surface area contributed by atoms with E-state index in [1.807, 2.05) is 42.5 Å². The van der Waals surface area contributed by atoms with E-state index in [4.69, 9.17) is 9.47 Å². The summed E-state index contributed by atoms with van der Waals surface area (Å²) >= 11 is 0. The number of nitrogens with one attached hydrogen (secondary N) is 1. The molecule has 0 aromatic heterocycles. The first-order valence-electron chi connectivity index (χ1n) is 7.89. The Morgan fingerprint density at radius 1 is 1.00 bits per heavy atom. The van der Waals surface area contributed by atoms with Crippen molar-refractivity contribution in [1.82, 2.24) is 0 Å². The highest BCUT2D eigenvalue weighted by Crippen LogP contribution is 2.27. The number of aliphatic hydroxyl groups excluding tert-OH is 1. The Hall–Kier alpha value is -2.04. The maximum Gasteiger partial charge on any atom is 0.160 e. The van der Waals surface area contributed by atoms with Gasteiger partial charge in [0.2, 0.25) is 0 Å². The van der Waals surface area contributed by atoms with Crippen molar-refractivity contribution < 1.29 is 19.5 Å². The van der Waals surface area contributed by atoms with E-state index >= 15 is 0 Å². The topological polar surface area (TPSA) is 43.1 Å². The van der Waals surface area contributed by atoms with Crippen LogP contribution in [0.15, 0.2) is 48.5 Å². The van der Waals surface area contributed by atoms with Crippen LogP contribution in [-0.2, 0) is 6.42 Å². The van der Waals surface area contributed by atoms with Gasteiger partial charge in [-0.1, -0.05) is 36.4 Å². The van der Waals surface area contributed by atoms with Crippen LogP contribution in [0.1, 0.15) is 17.2 Å². The summed E-state index contributed by atoms with van der Waals surface area (Å²) in [5.41, 5.74) is 2.18. The summed E-state index contributed by atoms with van der Waals surface area (Å²) in [7, 11) is 5.39. The van der Waals surface area contributed by atoms with Crippen molar-refractivity contribution in [1.29, 1.82) is 0 Å². The fourth-order valence-corrected chi connectivity index (χ4v) is 2.62. The molecule has 0 spiro atoms. The zero-order valence-electron chi connectivity index (χ0n) is 14.1. The molecule has 2 aromatic carbocycles. The normalized spacial score (nSPS) is 13.4. The average molecular weight is 316 g/mol. The molecule has 0 aliphatic carbocycles. The van der Waals surface area contributed by atoms with E-state index in [2.05, 4.69) is 13.1 Å². The van der Waals surface area contributed by atoms with Gasteiger partial charge in [-0.2, -0.15) is 0 Å². The summed E-state index contributed by atoms with van der Waals surface area (Å²) in [5, 5.41) is 10.3. The fourth-order valence-electron chi connectivity index (χ4n) is 2.62. The molecule has 4 heteroatoms. The molecule has 0 saturated carbocycles. The van der Waals surface area contributed by atoms with Crippen LogP contribution in [0, 0.1) is 0 Å². The van der Waals surface area contributed by atoms with Crippen LogP contribution in [0.25, 0.3) is 0 Å². The number of benzene rings is 2. The van der Waals surface area contributed by atoms with Crippen LogP contribution in [0.4, 0.5) is 0 Å². The molecule has 2 N–H and O–H groups in total. The molecule has 0 heterocycles. The van der Waals surface area contributed by atoms with Gasteiger partial charge in [-0.05, 0) is 23.3 Å². The maximum absolute atomic E-state index is 10.3. The second-order valence-electron chi connectivity index (χ2n) is 5.78. The summed E-state index contributed by atoms with van der Waals surface area (Å²) in [6.07, 6.45) is 0.495. The first-order valence-corrected chi connectivity index (χ1v) is 7.89. The van der Waals surface area contributed by atoms with Crippen LogP contribution in [0.3, 0.4) is 0 Å². The molecule has 2 atom stereocenters. The Bertz CT molecular complexity index is 601. The van der Waals surface area contributed by atoms with Crippen molar-refractivity contribution in [2.24, 2.45) is 0 Å². The molecule has 124 valence electrons. The van der Waals surface area contributed by atoms with Gasteiger partial charge in [0.05, 0.1) is 27.8 Å². The summed E-state index contributed by atoms with van der Waals surface area (Å²) in [6, 6.07) is 15.8. The molecule has 0 aliphatic heterocycles. The molecular weight excluding hydrogens is 290 g/mol. The number of hydrogen-bond donors (Lipinski definition) is 2. The second-order valence-corrected chi connectivity index (χ2v) is 5.78. The molecule has 0 amide bonds. The number of aliphatic hydroxyl groups is 1. The Morgan fingerprint density at radius 2 is 1.70 bits per heavy atom. The Kier molecular flexibility index (Phi) is 6.44. The van der Waals surface area contributed by atoms with Crippen molar-refractivity contribution in [3.8, 4) is 11.5 Å². The molecule has 2 aromatic rings. The minimum absolute atomic E-state index is 0.429. The summed E-state index contributed by atoms with van der Waals surface area (Å²) in [5.74, 6) is 1.50. The van der Waals surface area contributed by atoms with Gasteiger partial charge < -0.3 is 19.5 Å². The molecule has 0 saturated heterocycles. The average Bonchev–Trinajstić information content (AvgIpc) is 2.60. The molecule has 23 heavy (non-hydrogen) atoms. The lowest BCUT2D eigenvalue weighted by Crippen LogP contribution is -3.09. The molecule has 4 nitrogen and oxygen atoms in total. The van der Waals surface area contributed by atoms with Crippen molar-refractivity contribution in [2.45, 2.75) is 12.5 Å². The lowest BCUT2D eigenvalue weighted by atomic mass is 10.1. The molecule has 2 rings (SSSR count). The zero-order chi connectivity index (χ0) is 16.7. The largest absolute Gasteiger partial charge is 0.493 e. The van der Waals surface area contributed by atoms with Crippen LogP contribution in [0.5, 0.6) is 11.5 Å². The Labute approximate surface area is 138 Å². The van der Waals surface area contributed by atoms with Gasteiger partial charge in [-0.25, -0.2) is 0 Å². The number of ether oxygens (including phenoxy) is 2. The molecule has 1 unspecified atom stereocenters. The quantitative estimate of drug-likeness (QED) is 0.775. The van der Waals surface area contributed by atoms with E-state index in [0.29, 0.717) is 6.54 Å². The van der Waals surface area contributed by atoms with E-state index in [1.165, 1.54) is 10.5 Å². The van der Waals surface area contributed by atoms with E-state index in [1.54, 1.807) is 14.2 Å².